The zero-order valence-corrected chi connectivity index (χ0v) is 13.5. The molecule has 1 atom stereocenters. The Bertz CT molecular complexity index is 516. The third-order valence-corrected chi connectivity index (χ3v) is 4.27. The predicted octanol–water partition coefficient (Wildman–Crippen LogP) is 4.30. The van der Waals surface area contributed by atoms with E-state index >= 15 is 0 Å². The lowest BCUT2D eigenvalue weighted by molar-refractivity contribution is 0.545. The fourth-order valence-corrected chi connectivity index (χ4v) is 3.10. The standard InChI is InChI=1S/C17H24N2S/c1-4-6-14-7-9-15(10-8-14)17(18-5-2)11-16-12-20-13(3)19-16/h7-10,12,17-18H,4-6,11H2,1-3H3. The monoisotopic (exact) mass is 288 g/mol. The van der Waals surface area contributed by atoms with Crippen LogP contribution >= 0.6 is 11.3 Å². The Morgan fingerprint density at radius 3 is 2.50 bits per heavy atom. The highest BCUT2D eigenvalue weighted by atomic mass is 32.1. The van der Waals surface area contributed by atoms with E-state index in [2.05, 4.69) is 60.7 Å². The van der Waals surface area contributed by atoms with E-state index in [1.165, 1.54) is 23.2 Å². The first kappa shape index (κ1) is 15.2. The van der Waals surface area contributed by atoms with E-state index in [0.29, 0.717) is 6.04 Å². The van der Waals surface area contributed by atoms with Gasteiger partial charge in [0.15, 0.2) is 0 Å². The van der Waals surface area contributed by atoms with Crippen molar-refractivity contribution in [1.82, 2.24) is 10.3 Å². The number of hydrogen-bond acceptors (Lipinski definition) is 3. The summed E-state index contributed by atoms with van der Waals surface area (Å²) in [6.45, 7) is 7.42. The van der Waals surface area contributed by atoms with E-state index in [1.807, 2.05) is 0 Å². The van der Waals surface area contributed by atoms with Crippen LogP contribution in [-0.2, 0) is 12.8 Å². The molecule has 0 aliphatic carbocycles. The maximum Gasteiger partial charge on any atom is 0.0897 e. The van der Waals surface area contributed by atoms with Crippen LogP contribution in [0.5, 0.6) is 0 Å². The summed E-state index contributed by atoms with van der Waals surface area (Å²) in [5.74, 6) is 0. The van der Waals surface area contributed by atoms with Crippen molar-refractivity contribution in [3.05, 3.63) is 51.5 Å². The molecule has 2 rings (SSSR count). The van der Waals surface area contributed by atoms with Gasteiger partial charge in [0.05, 0.1) is 10.7 Å². The number of hydrogen-bond donors (Lipinski definition) is 1. The highest BCUT2D eigenvalue weighted by Crippen LogP contribution is 2.20. The van der Waals surface area contributed by atoms with Gasteiger partial charge in [-0.15, -0.1) is 11.3 Å². The van der Waals surface area contributed by atoms with Crippen LogP contribution in [0, 0.1) is 6.92 Å². The Kier molecular flexibility index (Phi) is 5.74. The Labute approximate surface area is 126 Å². The summed E-state index contributed by atoms with van der Waals surface area (Å²) in [5, 5.41) is 6.89. The molecule has 2 nitrogen and oxygen atoms in total. The lowest BCUT2D eigenvalue weighted by Gasteiger charge is -2.18. The maximum atomic E-state index is 4.58. The molecule has 0 saturated heterocycles. The number of aromatic nitrogens is 1. The molecule has 1 unspecified atom stereocenters. The molecular formula is C17H24N2S. The van der Waals surface area contributed by atoms with E-state index in [9.17, 15) is 0 Å². The van der Waals surface area contributed by atoms with Gasteiger partial charge < -0.3 is 5.32 Å². The van der Waals surface area contributed by atoms with Crippen LogP contribution in [0.15, 0.2) is 29.6 Å². The van der Waals surface area contributed by atoms with Gasteiger partial charge in [-0.3, -0.25) is 0 Å². The number of thiazole rings is 1. The molecule has 0 fully saturated rings. The van der Waals surface area contributed by atoms with Crippen LogP contribution in [0.25, 0.3) is 0 Å². The fourth-order valence-electron chi connectivity index (χ4n) is 2.47. The molecule has 1 aromatic heterocycles. The summed E-state index contributed by atoms with van der Waals surface area (Å²) in [6.07, 6.45) is 3.33. The van der Waals surface area contributed by atoms with E-state index in [0.717, 1.165) is 24.4 Å². The van der Waals surface area contributed by atoms with Crippen LogP contribution < -0.4 is 5.32 Å². The molecule has 3 heteroatoms. The first-order valence-corrected chi connectivity index (χ1v) is 8.34. The zero-order valence-electron chi connectivity index (χ0n) is 12.6. The Hall–Kier alpha value is -1.19. The Balaban J connectivity index is 2.10. The van der Waals surface area contributed by atoms with Crippen LogP contribution in [0.3, 0.4) is 0 Å². The SMILES string of the molecule is CCCc1ccc(C(Cc2csc(C)n2)NCC)cc1. The first-order valence-electron chi connectivity index (χ1n) is 7.46. The zero-order chi connectivity index (χ0) is 14.4. The van der Waals surface area contributed by atoms with E-state index in [-0.39, 0.29) is 0 Å². The normalized spacial score (nSPS) is 12.6. The second-order valence-corrected chi connectivity index (χ2v) is 6.23. The number of rotatable bonds is 7. The van der Waals surface area contributed by atoms with Gasteiger partial charge >= 0.3 is 0 Å². The molecule has 1 N–H and O–H groups in total. The minimum atomic E-state index is 0.358. The average Bonchev–Trinajstić information content (AvgIpc) is 2.85. The van der Waals surface area contributed by atoms with Crippen LogP contribution in [-0.4, -0.2) is 11.5 Å². The molecule has 0 amide bonds. The van der Waals surface area contributed by atoms with Crippen molar-refractivity contribution >= 4 is 11.3 Å². The quantitative estimate of drug-likeness (QED) is 0.821. The summed E-state index contributed by atoms with van der Waals surface area (Å²) in [6, 6.07) is 9.40. The van der Waals surface area contributed by atoms with Gasteiger partial charge in [0, 0.05) is 17.8 Å². The first-order chi connectivity index (χ1) is 9.72. The number of benzene rings is 1. The molecule has 0 spiro atoms. The highest BCUT2D eigenvalue weighted by molar-refractivity contribution is 7.09. The van der Waals surface area contributed by atoms with Gasteiger partial charge in [-0.1, -0.05) is 44.5 Å². The summed E-state index contributed by atoms with van der Waals surface area (Å²) in [7, 11) is 0. The molecule has 1 aromatic carbocycles. The Morgan fingerprint density at radius 2 is 1.95 bits per heavy atom. The minimum absolute atomic E-state index is 0.358. The lowest BCUT2D eigenvalue weighted by atomic mass is 9.99. The summed E-state index contributed by atoms with van der Waals surface area (Å²) in [5.41, 5.74) is 3.98. The van der Waals surface area contributed by atoms with E-state index in [1.54, 1.807) is 11.3 Å². The molecule has 20 heavy (non-hydrogen) atoms. The molecule has 0 saturated carbocycles. The van der Waals surface area contributed by atoms with Crippen molar-refractivity contribution in [1.29, 1.82) is 0 Å². The molecule has 0 radical (unpaired) electrons. The molecule has 108 valence electrons. The second-order valence-electron chi connectivity index (χ2n) is 5.16. The van der Waals surface area contributed by atoms with Gasteiger partial charge in [0.25, 0.3) is 0 Å². The molecule has 1 heterocycles. The van der Waals surface area contributed by atoms with Crippen molar-refractivity contribution in [3.8, 4) is 0 Å². The minimum Gasteiger partial charge on any atom is -0.310 e. The van der Waals surface area contributed by atoms with Gasteiger partial charge in [-0.25, -0.2) is 4.98 Å². The molecule has 0 aliphatic heterocycles. The van der Waals surface area contributed by atoms with Crippen LogP contribution in [0.1, 0.15) is 48.1 Å². The summed E-state index contributed by atoms with van der Waals surface area (Å²) < 4.78 is 0. The Morgan fingerprint density at radius 1 is 1.20 bits per heavy atom. The van der Waals surface area contributed by atoms with Crippen molar-refractivity contribution < 1.29 is 0 Å². The largest absolute Gasteiger partial charge is 0.310 e. The van der Waals surface area contributed by atoms with Crippen molar-refractivity contribution in [3.63, 3.8) is 0 Å². The third-order valence-electron chi connectivity index (χ3n) is 3.45. The third kappa shape index (κ3) is 4.15. The van der Waals surface area contributed by atoms with Crippen molar-refractivity contribution in [2.24, 2.45) is 0 Å². The molecule has 2 aromatic rings. The molecule has 0 bridgehead atoms. The van der Waals surface area contributed by atoms with Gasteiger partial charge in [0.1, 0.15) is 0 Å². The predicted molar refractivity (Wildman–Crippen MR) is 87.4 cm³/mol. The topological polar surface area (TPSA) is 24.9 Å². The highest BCUT2D eigenvalue weighted by Gasteiger charge is 2.12. The maximum absolute atomic E-state index is 4.58. The number of aryl methyl sites for hydroxylation is 2. The van der Waals surface area contributed by atoms with Gasteiger partial charge in [-0.2, -0.15) is 0 Å². The molecular weight excluding hydrogens is 264 g/mol. The smallest absolute Gasteiger partial charge is 0.0897 e. The van der Waals surface area contributed by atoms with Crippen molar-refractivity contribution in [2.45, 2.75) is 46.1 Å². The number of nitrogens with one attached hydrogen (secondary N) is 1. The van der Waals surface area contributed by atoms with Crippen molar-refractivity contribution in [2.75, 3.05) is 6.54 Å². The summed E-state index contributed by atoms with van der Waals surface area (Å²) in [4.78, 5) is 4.58. The molecule has 0 aliphatic rings. The van der Waals surface area contributed by atoms with E-state index in [4.69, 9.17) is 0 Å². The second kappa shape index (κ2) is 7.55. The van der Waals surface area contributed by atoms with Crippen LogP contribution in [0.2, 0.25) is 0 Å². The number of nitrogens with zero attached hydrogens (tertiary/aromatic N) is 1. The average molecular weight is 288 g/mol. The van der Waals surface area contributed by atoms with Gasteiger partial charge in [-0.05, 0) is 31.0 Å². The van der Waals surface area contributed by atoms with Crippen LogP contribution in [0.4, 0.5) is 0 Å². The summed E-state index contributed by atoms with van der Waals surface area (Å²) >= 11 is 1.73. The van der Waals surface area contributed by atoms with E-state index < -0.39 is 0 Å². The fraction of sp³-hybridized carbons (Fsp3) is 0.471. The lowest BCUT2D eigenvalue weighted by Crippen LogP contribution is -2.23. The van der Waals surface area contributed by atoms with Gasteiger partial charge in [0.2, 0.25) is 0 Å². The number of likely N-dealkylation sites (N-methyl/N-ethyl adjacent to an activating group) is 1.